The zero-order chi connectivity index (χ0) is 17.8. The Morgan fingerprint density at radius 3 is 2.28 bits per heavy atom. The maximum Gasteiger partial charge on any atom is 0.246 e. The highest BCUT2D eigenvalue weighted by molar-refractivity contribution is 5.96. The fourth-order valence-electron chi connectivity index (χ4n) is 2.36. The van der Waals surface area contributed by atoms with Crippen molar-refractivity contribution >= 4 is 28.9 Å². The van der Waals surface area contributed by atoms with E-state index < -0.39 is 11.9 Å². The summed E-state index contributed by atoms with van der Waals surface area (Å²) in [7, 11) is 0. The molecule has 0 aromatic heterocycles. The van der Waals surface area contributed by atoms with Crippen LogP contribution in [0.4, 0.5) is 21.5 Å². The molecule has 1 saturated carbocycles. The van der Waals surface area contributed by atoms with E-state index in [1.54, 1.807) is 43.3 Å². The number of halogens is 1. The van der Waals surface area contributed by atoms with E-state index in [9.17, 15) is 14.0 Å². The number of hydrogen-bond donors (Lipinski definition) is 3. The summed E-state index contributed by atoms with van der Waals surface area (Å²) in [6.45, 7) is 1.69. The predicted molar refractivity (Wildman–Crippen MR) is 95.9 cm³/mol. The van der Waals surface area contributed by atoms with Crippen molar-refractivity contribution in [3.63, 3.8) is 0 Å². The summed E-state index contributed by atoms with van der Waals surface area (Å²) < 4.78 is 13.6. The van der Waals surface area contributed by atoms with E-state index in [0.29, 0.717) is 0 Å². The van der Waals surface area contributed by atoms with Gasteiger partial charge < -0.3 is 16.0 Å². The van der Waals surface area contributed by atoms with Crippen LogP contribution in [-0.2, 0) is 9.59 Å². The second kappa shape index (κ2) is 7.34. The molecule has 1 atom stereocenters. The second-order valence-electron chi connectivity index (χ2n) is 6.18. The lowest BCUT2D eigenvalue weighted by Crippen LogP contribution is -2.32. The highest BCUT2D eigenvalue weighted by atomic mass is 19.1. The summed E-state index contributed by atoms with van der Waals surface area (Å²) in [4.78, 5) is 23.9. The first-order valence-electron chi connectivity index (χ1n) is 8.26. The highest BCUT2D eigenvalue weighted by Gasteiger charge is 2.29. The van der Waals surface area contributed by atoms with E-state index in [1.165, 1.54) is 12.1 Å². The van der Waals surface area contributed by atoms with Gasteiger partial charge in [-0.15, -0.1) is 0 Å². The second-order valence-corrected chi connectivity index (χ2v) is 6.18. The van der Waals surface area contributed by atoms with Gasteiger partial charge in [0.05, 0.1) is 5.69 Å². The first kappa shape index (κ1) is 17.0. The van der Waals surface area contributed by atoms with Gasteiger partial charge in [0.2, 0.25) is 11.8 Å². The molecule has 0 spiro atoms. The molecule has 25 heavy (non-hydrogen) atoms. The molecule has 3 rings (SSSR count). The first-order valence-corrected chi connectivity index (χ1v) is 8.26. The monoisotopic (exact) mass is 341 g/mol. The third-order valence-electron chi connectivity index (χ3n) is 4.01. The van der Waals surface area contributed by atoms with Crippen LogP contribution in [0.3, 0.4) is 0 Å². The molecule has 1 unspecified atom stereocenters. The lowest BCUT2D eigenvalue weighted by Gasteiger charge is -2.16. The third kappa shape index (κ3) is 4.56. The van der Waals surface area contributed by atoms with E-state index >= 15 is 0 Å². The molecular formula is C19H20FN3O2. The molecule has 5 nitrogen and oxygen atoms in total. The van der Waals surface area contributed by atoms with E-state index in [1.807, 2.05) is 0 Å². The topological polar surface area (TPSA) is 70.2 Å². The zero-order valence-corrected chi connectivity index (χ0v) is 13.9. The molecule has 0 radical (unpaired) electrons. The van der Waals surface area contributed by atoms with Gasteiger partial charge in [0.1, 0.15) is 11.9 Å². The number of hydrogen-bond acceptors (Lipinski definition) is 3. The number of nitrogens with one attached hydrogen (secondary N) is 3. The number of benzene rings is 2. The summed E-state index contributed by atoms with van der Waals surface area (Å²) in [5, 5.41) is 8.46. The van der Waals surface area contributed by atoms with Crippen molar-refractivity contribution in [1.82, 2.24) is 0 Å². The van der Waals surface area contributed by atoms with Crippen molar-refractivity contribution < 1.29 is 14.0 Å². The fraction of sp³-hybridized carbons (Fsp3) is 0.263. The van der Waals surface area contributed by atoms with Gasteiger partial charge in [-0.2, -0.15) is 0 Å². The summed E-state index contributed by atoms with van der Waals surface area (Å²) in [5.74, 6) is -0.603. The Hall–Kier alpha value is -2.89. The summed E-state index contributed by atoms with van der Waals surface area (Å²) >= 11 is 0. The fourth-order valence-corrected chi connectivity index (χ4v) is 2.36. The van der Waals surface area contributed by atoms with Crippen molar-refractivity contribution in [1.29, 1.82) is 0 Å². The third-order valence-corrected chi connectivity index (χ3v) is 4.01. The molecule has 2 aromatic carbocycles. The molecule has 6 heteroatoms. The number of anilines is 3. The van der Waals surface area contributed by atoms with E-state index in [-0.39, 0.29) is 23.4 Å². The standard InChI is InChI=1S/C19H20FN3O2/c1-12(18(24)23-17-5-3-2-4-16(17)20)21-14-8-10-15(11-9-14)22-19(25)13-6-7-13/h2-5,8-13,21H,6-7H2,1H3,(H,22,25)(H,23,24). The van der Waals surface area contributed by atoms with Gasteiger partial charge in [-0.3, -0.25) is 9.59 Å². The Morgan fingerprint density at radius 1 is 1.00 bits per heavy atom. The predicted octanol–water partition coefficient (Wildman–Crippen LogP) is 3.61. The van der Waals surface area contributed by atoms with Crippen molar-refractivity contribution in [3.05, 3.63) is 54.3 Å². The average Bonchev–Trinajstić information content (AvgIpc) is 3.43. The Labute approximate surface area is 145 Å². The van der Waals surface area contributed by atoms with Crippen molar-refractivity contribution in [2.45, 2.75) is 25.8 Å². The van der Waals surface area contributed by atoms with Crippen LogP contribution in [0.25, 0.3) is 0 Å². The quantitative estimate of drug-likeness (QED) is 0.752. The van der Waals surface area contributed by atoms with Gasteiger partial charge in [0.15, 0.2) is 0 Å². The number of rotatable bonds is 6. The SMILES string of the molecule is CC(Nc1ccc(NC(=O)C2CC2)cc1)C(=O)Nc1ccccc1F. The minimum atomic E-state index is -0.550. The molecule has 1 aliphatic carbocycles. The number of carbonyl (C=O) groups is 2. The van der Waals surface area contributed by atoms with Crippen LogP contribution < -0.4 is 16.0 Å². The number of carbonyl (C=O) groups excluding carboxylic acids is 2. The van der Waals surface area contributed by atoms with E-state index in [4.69, 9.17) is 0 Å². The molecule has 3 N–H and O–H groups in total. The highest BCUT2D eigenvalue weighted by Crippen LogP contribution is 2.30. The molecular weight excluding hydrogens is 321 g/mol. The van der Waals surface area contributed by atoms with Crippen LogP contribution >= 0.6 is 0 Å². The normalized spacial score (nSPS) is 14.5. The average molecular weight is 341 g/mol. The maximum atomic E-state index is 13.6. The molecule has 1 fully saturated rings. The molecule has 0 saturated heterocycles. The molecule has 0 bridgehead atoms. The number of amides is 2. The largest absolute Gasteiger partial charge is 0.374 e. The molecule has 1 aliphatic rings. The molecule has 2 aromatic rings. The maximum absolute atomic E-state index is 13.6. The lowest BCUT2D eigenvalue weighted by atomic mass is 10.2. The zero-order valence-electron chi connectivity index (χ0n) is 13.9. The smallest absolute Gasteiger partial charge is 0.246 e. The van der Waals surface area contributed by atoms with Gasteiger partial charge in [0, 0.05) is 17.3 Å². The van der Waals surface area contributed by atoms with Crippen molar-refractivity contribution in [3.8, 4) is 0 Å². The van der Waals surface area contributed by atoms with Gasteiger partial charge in [0.25, 0.3) is 0 Å². The summed E-state index contributed by atoms with van der Waals surface area (Å²) in [6, 6.07) is 12.6. The van der Waals surface area contributed by atoms with Crippen LogP contribution in [0.1, 0.15) is 19.8 Å². The van der Waals surface area contributed by atoms with Gasteiger partial charge in [-0.1, -0.05) is 12.1 Å². The minimum absolute atomic E-state index is 0.0540. The van der Waals surface area contributed by atoms with Gasteiger partial charge in [-0.25, -0.2) is 4.39 Å². The summed E-state index contributed by atoms with van der Waals surface area (Å²) in [6.07, 6.45) is 1.92. The van der Waals surface area contributed by atoms with Crippen molar-refractivity contribution in [2.24, 2.45) is 5.92 Å². The van der Waals surface area contributed by atoms with Gasteiger partial charge >= 0.3 is 0 Å². The van der Waals surface area contributed by atoms with Crippen LogP contribution in [0.15, 0.2) is 48.5 Å². The Balaban J connectivity index is 1.54. The van der Waals surface area contributed by atoms with E-state index in [0.717, 1.165) is 24.2 Å². The van der Waals surface area contributed by atoms with Crippen LogP contribution in [0.2, 0.25) is 0 Å². The van der Waals surface area contributed by atoms with E-state index in [2.05, 4.69) is 16.0 Å². The lowest BCUT2D eigenvalue weighted by molar-refractivity contribution is -0.117. The van der Waals surface area contributed by atoms with Crippen molar-refractivity contribution in [2.75, 3.05) is 16.0 Å². The van der Waals surface area contributed by atoms with Gasteiger partial charge in [-0.05, 0) is 56.2 Å². The van der Waals surface area contributed by atoms with Crippen LogP contribution in [0, 0.1) is 11.7 Å². The summed E-state index contributed by atoms with van der Waals surface area (Å²) in [5.41, 5.74) is 1.62. The minimum Gasteiger partial charge on any atom is -0.374 e. The van der Waals surface area contributed by atoms with Crippen LogP contribution in [-0.4, -0.2) is 17.9 Å². The molecule has 0 aliphatic heterocycles. The molecule has 130 valence electrons. The first-order chi connectivity index (χ1) is 12.0. The Bertz CT molecular complexity index is 772. The molecule has 2 amide bonds. The molecule has 0 heterocycles. The Morgan fingerprint density at radius 2 is 1.64 bits per heavy atom. The Kier molecular flexibility index (Phi) is 4.97. The van der Waals surface area contributed by atoms with Crippen LogP contribution in [0.5, 0.6) is 0 Å². The number of para-hydroxylation sites is 1.